The van der Waals surface area contributed by atoms with Crippen LogP contribution in [0.5, 0.6) is 0 Å². The van der Waals surface area contributed by atoms with Crippen molar-refractivity contribution in [1.82, 2.24) is 4.57 Å². The zero-order chi connectivity index (χ0) is 38.4. The predicted octanol–water partition coefficient (Wildman–Crippen LogP) is 15.6. The molecular weight excluding hydrogens is 701 g/mol. The molecule has 0 fully saturated rings. The first-order chi connectivity index (χ1) is 28.8. The van der Waals surface area contributed by atoms with E-state index in [2.05, 4.69) is 240 Å². The summed E-state index contributed by atoms with van der Waals surface area (Å²) in [5.74, 6) is 0. The minimum atomic E-state index is 1.10. The fourth-order valence-corrected chi connectivity index (χ4v) is 8.78. The number of benzene rings is 10. The summed E-state index contributed by atoms with van der Waals surface area (Å²) >= 11 is 0. The Hall–Kier alpha value is -7.68. The van der Waals surface area contributed by atoms with E-state index in [4.69, 9.17) is 0 Å². The standard InChI is InChI=1S/C56H38N2/c1-3-12-39(13-4-1)42-22-24-44(25-23-42)51-20-11-18-45-29-37-54-56(55(45)51)52-19-9-10-21-53(52)58(54)49-35-33-48(34-36-49)57(50-32-28-41-16-7-8-17-46(41)38-50)47-30-26-43(27-31-47)40-14-5-2-6-15-40/h1-38H. The Morgan fingerprint density at radius 3 is 1.52 bits per heavy atom. The zero-order valence-corrected chi connectivity index (χ0v) is 31.8. The van der Waals surface area contributed by atoms with E-state index in [1.165, 1.54) is 76.7 Å². The highest BCUT2D eigenvalue weighted by Gasteiger charge is 2.19. The monoisotopic (exact) mass is 738 g/mol. The van der Waals surface area contributed by atoms with Crippen LogP contribution in [0.25, 0.3) is 82.4 Å². The fourth-order valence-electron chi connectivity index (χ4n) is 8.78. The van der Waals surface area contributed by atoms with E-state index in [1.54, 1.807) is 0 Å². The summed E-state index contributed by atoms with van der Waals surface area (Å²) in [6.45, 7) is 0. The molecular formula is C56H38N2. The van der Waals surface area contributed by atoms with E-state index in [9.17, 15) is 0 Å². The van der Waals surface area contributed by atoms with Crippen molar-refractivity contribution in [3.05, 3.63) is 231 Å². The van der Waals surface area contributed by atoms with Gasteiger partial charge in [-0.15, -0.1) is 0 Å². The normalized spacial score (nSPS) is 11.4. The van der Waals surface area contributed by atoms with E-state index >= 15 is 0 Å². The van der Waals surface area contributed by atoms with Crippen LogP contribution in [0.1, 0.15) is 0 Å². The molecule has 2 heteroatoms. The van der Waals surface area contributed by atoms with Gasteiger partial charge in [-0.25, -0.2) is 0 Å². The summed E-state index contributed by atoms with van der Waals surface area (Å²) in [5, 5.41) is 7.48. The molecule has 0 atom stereocenters. The van der Waals surface area contributed by atoms with E-state index in [0.717, 1.165) is 22.7 Å². The van der Waals surface area contributed by atoms with Crippen molar-refractivity contribution < 1.29 is 0 Å². The van der Waals surface area contributed by atoms with Crippen LogP contribution in [0, 0.1) is 0 Å². The van der Waals surface area contributed by atoms with Crippen LogP contribution < -0.4 is 4.90 Å². The van der Waals surface area contributed by atoms with E-state index in [0.29, 0.717) is 0 Å². The molecule has 272 valence electrons. The highest BCUT2D eigenvalue weighted by Crippen LogP contribution is 2.43. The first kappa shape index (κ1) is 33.6. The van der Waals surface area contributed by atoms with E-state index < -0.39 is 0 Å². The molecule has 0 radical (unpaired) electrons. The van der Waals surface area contributed by atoms with Gasteiger partial charge in [0.25, 0.3) is 0 Å². The van der Waals surface area contributed by atoms with Crippen LogP contribution >= 0.6 is 0 Å². The van der Waals surface area contributed by atoms with Gasteiger partial charge in [-0.1, -0.05) is 170 Å². The molecule has 1 aromatic heterocycles. The van der Waals surface area contributed by atoms with Gasteiger partial charge in [-0.2, -0.15) is 0 Å². The van der Waals surface area contributed by atoms with Gasteiger partial charge < -0.3 is 9.47 Å². The summed E-state index contributed by atoms with van der Waals surface area (Å²) in [6.07, 6.45) is 0. The fraction of sp³-hybridized carbons (Fsp3) is 0. The lowest BCUT2D eigenvalue weighted by molar-refractivity contribution is 1.17. The molecule has 11 rings (SSSR count). The van der Waals surface area contributed by atoms with Crippen molar-refractivity contribution in [2.24, 2.45) is 0 Å². The molecule has 58 heavy (non-hydrogen) atoms. The van der Waals surface area contributed by atoms with Gasteiger partial charge in [0, 0.05) is 33.5 Å². The minimum Gasteiger partial charge on any atom is -0.310 e. The zero-order valence-electron chi connectivity index (χ0n) is 31.8. The van der Waals surface area contributed by atoms with Crippen LogP contribution in [0.15, 0.2) is 231 Å². The summed E-state index contributed by atoms with van der Waals surface area (Å²) < 4.78 is 2.43. The summed E-state index contributed by atoms with van der Waals surface area (Å²) in [7, 11) is 0. The second-order valence-corrected chi connectivity index (χ2v) is 15.0. The largest absolute Gasteiger partial charge is 0.310 e. The lowest BCUT2D eigenvalue weighted by Gasteiger charge is -2.26. The third kappa shape index (κ3) is 5.82. The van der Waals surface area contributed by atoms with Gasteiger partial charge in [-0.05, 0) is 116 Å². The topological polar surface area (TPSA) is 8.17 Å². The van der Waals surface area contributed by atoms with Crippen LogP contribution in [-0.4, -0.2) is 4.57 Å². The molecule has 0 saturated heterocycles. The molecule has 1 heterocycles. The minimum absolute atomic E-state index is 1.10. The van der Waals surface area contributed by atoms with Crippen LogP contribution in [0.4, 0.5) is 17.1 Å². The van der Waals surface area contributed by atoms with E-state index in [-0.39, 0.29) is 0 Å². The SMILES string of the molecule is c1ccc(-c2ccc(-c3cccc4ccc5c(c6ccccc6n5-c5ccc(N(c6ccc(-c7ccccc7)cc6)c6ccc7ccccc7c6)cc5)c34)cc2)cc1. The maximum Gasteiger partial charge on any atom is 0.0547 e. The molecule has 0 aliphatic rings. The molecule has 11 aromatic rings. The molecule has 0 saturated carbocycles. The first-order valence-electron chi connectivity index (χ1n) is 19.9. The maximum absolute atomic E-state index is 2.43. The molecule has 0 bridgehead atoms. The third-order valence-corrected chi connectivity index (χ3v) is 11.6. The average Bonchev–Trinajstić information content (AvgIpc) is 3.65. The van der Waals surface area contributed by atoms with Crippen LogP contribution in [-0.2, 0) is 0 Å². The van der Waals surface area contributed by atoms with Gasteiger partial charge in [0.15, 0.2) is 0 Å². The lowest BCUT2D eigenvalue weighted by atomic mass is 9.93. The molecule has 2 nitrogen and oxygen atoms in total. The van der Waals surface area contributed by atoms with Gasteiger partial charge in [0.1, 0.15) is 0 Å². The quantitative estimate of drug-likeness (QED) is 0.158. The van der Waals surface area contributed by atoms with Crippen LogP contribution in [0.2, 0.25) is 0 Å². The molecule has 0 aliphatic carbocycles. The first-order valence-corrected chi connectivity index (χ1v) is 19.9. The van der Waals surface area contributed by atoms with Gasteiger partial charge in [0.2, 0.25) is 0 Å². The van der Waals surface area contributed by atoms with E-state index in [1.807, 2.05) is 0 Å². The van der Waals surface area contributed by atoms with Crippen molar-refractivity contribution in [3.63, 3.8) is 0 Å². The third-order valence-electron chi connectivity index (χ3n) is 11.6. The lowest BCUT2D eigenvalue weighted by Crippen LogP contribution is -2.10. The maximum atomic E-state index is 2.43. The highest BCUT2D eigenvalue weighted by atomic mass is 15.1. The average molecular weight is 739 g/mol. The Morgan fingerprint density at radius 2 is 0.810 bits per heavy atom. The molecule has 0 spiro atoms. The number of hydrogen-bond donors (Lipinski definition) is 0. The number of rotatable bonds is 7. The second kappa shape index (κ2) is 14.1. The van der Waals surface area contributed by atoms with Crippen molar-refractivity contribution in [3.8, 4) is 39.1 Å². The smallest absolute Gasteiger partial charge is 0.0547 e. The van der Waals surface area contributed by atoms with Crippen molar-refractivity contribution in [2.75, 3.05) is 4.90 Å². The number of nitrogens with zero attached hydrogens (tertiary/aromatic N) is 2. The van der Waals surface area contributed by atoms with Gasteiger partial charge in [-0.3, -0.25) is 0 Å². The summed E-state index contributed by atoms with van der Waals surface area (Å²) in [6, 6.07) is 83.6. The molecule has 0 amide bonds. The molecule has 0 aliphatic heterocycles. The van der Waals surface area contributed by atoms with Crippen LogP contribution in [0.3, 0.4) is 0 Å². The van der Waals surface area contributed by atoms with Crippen molar-refractivity contribution in [1.29, 1.82) is 0 Å². The second-order valence-electron chi connectivity index (χ2n) is 15.0. The van der Waals surface area contributed by atoms with Gasteiger partial charge in [0.05, 0.1) is 11.0 Å². The molecule has 10 aromatic carbocycles. The summed E-state index contributed by atoms with van der Waals surface area (Å²) in [4.78, 5) is 2.36. The number of fused-ring (bicyclic) bond motifs is 6. The number of aromatic nitrogens is 1. The highest BCUT2D eigenvalue weighted by molar-refractivity contribution is 6.25. The van der Waals surface area contributed by atoms with Gasteiger partial charge >= 0.3 is 0 Å². The number of anilines is 3. The van der Waals surface area contributed by atoms with Crippen molar-refractivity contribution >= 4 is 60.4 Å². The molecule has 0 unspecified atom stereocenters. The number of hydrogen-bond acceptors (Lipinski definition) is 1. The van der Waals surface area contributed by atoms with Crippen molar-refractivity contribution in [2.45, 2.75) is 0 Å². The number of para-hydroxylation sites is 1. The summed E-state index contributed by atoms with van der Waals surface area (Å²) in [5.41, 5.74) is 14.1. The molecule has 0 N–H and O–H groups in total. The Kier molecular flexibility index (Phi) is 8.19. The predicted molar refractivity (Wildman–Crippen MR) is 247 cm³/mol. The Labute approximate surface area is 338 Å². The Bertz CT molecular complexity index is 3230. The Balaban J connectivity index is 1.04. The Morgan fingerprint density at radius 1 is 0.293 bits per heavy atom.